The highest BCUT2D eigenvalue weighted by Gasteiger charge is 2.10. The molecule has 0 aromatic heterocycles. The van der Waals surface area contributed by atoms with Crippen LogP contribution < -0.4 is 0 Å². The van der Waals surface area contributed by atoms with Crippen LogP contribution in [-0.2, 0) is 19.1 Å². The highest BCUT2D eigenvalue weighted by molar-refractivity contribution is 5.76. The van der Waals surface area contributed by atoms with Crippen molar-refractivity contribution in [1.82, 2.24) is 0 Å². The minimum absolute atomic E-state index is 0.142. The molecule has 0 fully saturated rings. The molecule has 0 amide bonds. The van der Waals surface area contributed by atoms with E-state index < -0.39 is 18.2 Å². The lowest BCUT2D eigenvalue weighted by Gasteiger charge is -2.12. The average Bonchev–Trinajstić information content (AvgIpc) is 2.11. The Hall–Kier alpha value is -1.36. The lowest BCUT2D eigenvalue weighted by molar-refractivity contribution is -0.173. The number of hydrogen-bond donors (Lipinski definition) is 1. The smallest absolute Gasteiger partial charge is 0.308 e. The van der Waals surface area contributed by atoms with Gasteiger partial charge in [-0.25, -0.2) is 0 Å². The van der Waals surface area contributed by atoms with Crippen LogP contribution in [0.1, 0.15) is 19.8 Å². The molecule has 0 aromatic carbocycles. The third-order valence-corrected chi connectivity index (χ3v) is 1.29. The summed E-state index contributed by atoms with van der Waals surface area (Å²) < 4.78 is 9.69. The number of hydrogen-bond acceptors (Lipinski definition) is 4. The number of carbonyl (C=O) groups excluding carboxylic acids is 1. The van der Waals surface area contributed by atoms with Crippen LogP contribution in [-0.4, -0.2) is 29.9 Å². The first-order valence-electron chi connectivity index (χ1n) is 4.20. The van der Waals surface area contributed by atoms with E-state index in [1.54, 1.807) is 6.92 Å². The summed E-state index contributed by atoms with van der Waals surface area (Å²) in [6.45, 7) is 5.27. The third kappa shape index (κ3) is 7.30. The summed E-state index contributed by atoms with van der Waals surface area (Å²) in [5.74, 6) is -1.61. The van der Waals surface area contributed by atoms with E-state index in [4.69, 9.17) is 14.6 Å². The topological polar surface area (TPSA) is 72.8 Å². The molecule has 0 aliphatic heterocycles. The first-order valence-corrected chi connectivity index (χ1v) is 4.20. The molecule has 0 aromatic rings. The number of aliphatic carboxylic acids is 1. The summed E-state index contributed by atoms with van der Waals surface area (Å²) in [5.41, 5.74) is 0. The summed E-state index contributed by atoms with van der Waals surface area (Å²) in [5, 5.41) is 8.29. The Morgan fingerprint density at radius 2 is 2.14 bits per heavy atom. The molecule has 0 aliphatic rings. The van der Waals surface area contributed by atoms with Crippen molar-refractivity contribution in [2.45, 2.75) is 26.1 Å². The van der Waals surface area contributed by atoms with Crippen molar-refractivity contribution in [2.75, 3.05) is 6.61 Å². The Labute approximate surface area is 82.3 Å². The number of carboxylic acids is 1. The third-order valence-electron chi connectivity index (χ3n) is 1.29. The van der Waals surface area contributed by atoms with Crippen molar-refractivity contribution in [2.24, 2.45) is 0 Å². The molecule has 14 heavy (non-hydrogen) atoms. The van der Waals surface area contributed by atoms with Gasteiger partial charge < -0.3 is 14.6 Å². The van der Waals surface area contributed by atoms with Gasteiger partial charge in [-0.1, -0.05) is 6.08 Å². The van der Waals surface area contributed by atoms with E-state index in [0.29, 0.717) is 0 Å². The van der Waals surface area contributed by atoms with Gasteiger partial charge in [0.1, 0.15) is 0 Å². The Morgan fingerprint density at radius 1 is 1.50 bits per heavy atom. The summed E-state index contributed by atoms with van der Waals surface area (Å²) in [6, 6.07) is 0. The van der Waals surface area contributed by atoms with Gasteiger partial charge in [0, 0.05) is 0 Å². The lowest BCUT2D eigenvalue weighted by atomic mass is 10.3. The van der Waals surface area contributed by atoms with E-state index in [1.807, 2.05) is 0 Å². The maximum atomic E-state index is 10.9. The summed E-state index contributed by atoms with van der Waals surface area (Å²) in [6.07, 6.45) is 0.487. The molecule has 5 heteroatoms. The number of carbonyl (C=O) groups is 2. The zero-order valence-electron chi connectivity index (χ0n) is 8.06. The van der Waals surface area contributed by atoms with Crippen LogP contribution >= 0.6 is 0 Å². The van der Waals surface area contributed by atoms with Gasteiger partial charge >= 0.3 is 11.9 Å². The monoisotopic (exact) mass is 202 g/mol. The van der Waals surface area contributed by atoms with Crippen molar-refractivity contribution in [3.63, 3.8) is 0 Å². The van der Waals surface area contributed by atoms with Crippen molar-refractivity contribution >= 4 is 11.9 Å². The minimum Gasteiger partial charge on any atom is -0.481 e. The van der Waals surface area contributed by atoms with Crippen LogP contribution in [0.4, 0.5) is 0 Å². The molecule has 5 nitrogen and oxygen atoms in total. The average molecular weight is 202 g/mol. The van der Waals surface area contributed by atoms with Gasteiger partial charge in [-0.3, -0.25) is 9.59 Å². The first-order chi connectivity index (χ1) is 6.56. The van der Waals surface area contributed by atoms with E-state index in [9.17, 15) is 9.59 Å². The SMILES string of the molecule is C=CCOC(C)OC(=O)CCC(=O)O. The molecule has 0 heterocycles. The Balaban J connectivity index is 3.59. The van der Waals surface area contributed by atoms with E-state index in [2.05, 4.69) is 6.58 Å². The molecule has 80 valence electrons. The van der Waals surface area contributed by atoms with Crippen LogP contribution in [0, 0.1) is 0 Å². The van der Waals surface area contributed by atoms with Crippen molar-refractivity contribution in [1.29, 1.82) is 0 Å². The molecule has 1 unspecified atom stereocenters. The molecule has 0 radical (unpaired) electrons. The molecule has 0 saturated heterocycles. The van der Waals surface area contributed by atoms with Gasteiger partial charge in [0.05, 0.1) is 19.4 Å². The van der Waals surface area contributed by atoms with Gasteiger partial charge in [-0.15, -0.1) is 6.58 Å². The molecule has 1 atom stereocenters. The van der Waals surface area contributed by atoms with Crippen LogP contribution in [0.3, 0.4) is 0 Å². The van der Waals surface area contributed by atoms with Gasteiger partial charge in [0.15, 0.2) is 6.29 Å². The zero-order valence-corrected chi connectivity index (χ0v) is 8.06. The fourth-order valence-corrected chi connectivity index (χ4v) is 0.691. The maximum absolute atomic E-state index is 10.9. The second-order valence-corrected chi connectivity index (χ2v) is 2.57. The predicted octanol–water partition coefficient (Wildman–Crippen LogP) is 0.943. The molecular formula is C9H14O5. The lowest BCUT2D eigenvalue weighted by Crippen LogP contribution is -2.18. The van der Waals surface area contributed by atoms with Crippen molar-refractivity contribution < 1.29 is 24.2 Å². The van der Waals surface area contributed by atoms with Crippen LogP contribution in [0.2, 0.25) is 0 Å². The second kappa shape index (κ2) is 7.08. The Bertz CT molecular complexity index is 211. The van der Waals surface area contributed by atoms with E-state index in [0.717, 1.165) is 0 Å². The van der Waals surface area contributed by atoms with Crippen LogP contribution in [0.15, 0.2) is 12.7 Å². The largest absolute Gasteiger partial charge is 0.481 e. The normalized spacial score (nSPS) is 11.8. The maximum Gasteiger partial charge on any atom is 0.308 e. The Kier molecular flexibility index (Phi) is 6.39. The molecule has 1 N–H and O–H groups in total. The molecule has 0 spiro atoms. The van der Waals surface area contributed by atoms with Gasteiger partial charge in [-0.05, 0) is 6.92 Å². The first kappa shape index (κ1) is 12.6. The number of esters is 1. The van der Waals surface area contributed by atoms with Crippen molar-refractivity contribution in [3.05, 3.63) is 12.7 Å². The molecular weight excluding hydrogens is 188 g/mol. The highest BCUT2D eigenvalue weighted by atomic mass is 16.7. The second-order valence-electron chi connectivity index (χ2n) is 2.57. The van der Waals surface area contributed by atoms with E-state index >= 15 is 0 Å². The molecule has 0 saturated carbocycles. The van der Waals surface area contributed by atoms with Gasteiger partial charge in [0.25, 0.3) is 0 Å². The van der Waals surface area contributed by atoms with E-state index in [-0.39, 0.29) is 19.4 Å². The predicted molar refractivity (Wildman–Crippen MR) is 48.6 cm³/mol. The van der Waals surface area contributed by atoms with E-state index in [1.165, 1.54) is 6.08 Å². The molecule has 0 rings (SSSR count). The molecule has 0 aliphatic carbocycles. The minimum atomic E-state index is -1.03. The van der Waals surface area contributed by atoms with Gasteiger partial charge in [-0.2, -0.15) is 0 Å². The number of ether oxygens (including phenoxy) is 2. The Morgan fingerprint density at radius 3 is 2.64 bits per heavy atom. The van der Waals surface area contributed by atoms with Crippen molar-refractivity contribution in [3.8, 4) is 0 Å². The summed E-state index contributed by atoms with van der Waals surface area (Å²) >= 11 is 0. The standard InChI is InChI=1S/C9H14O5/c1-3-6-13-7(2)14-9(12)5-4-8(10)11/h3,7H,1,4-6H2,2H3,(H,10,11). The van der Waals surface area contributed by atoms with Crippen LogP contribution in [0.5, 0.6) is 0 Å². The summed E-state index contributed by atoms with van der Waals surface area (Å²) in [4.78, 5) is 21.0. The number of carboxylic acid groups (broad SMARTS) is 1. The fourth-order valence-electron chi connectivity index (χ4n) is 0.691. The quantitative estimate of drug-likeness (QED) is 0.378. The summed E-state index contributed by atoms with van der Waals surface area (Å²) in [7, 11) is 0. The molecule has 0 bridgehead atoms. The van der Waals surface area contributed by atoms with Gasteiger partial charge in [0.2, 0.25) is 0 Å². The highest BCUT2D eigenvalue weighted by Crippen LogP contribution is 1.99. The van der Waals surface area contributed by atoms with Crippen LogP contribution in [0.25, 0.3) is 0 Å². The zero-order chi connectivity index (χ0) is 11.0. The fraction of sp³-hybridized carbons (Fsp3) is 0.556. The number of rotatable bonds is 7.